The smallest absolute Gasteiger partial charge is 0.410 e. The minimum Gasteiger partial charge on any atom is -0.578 e. The number of ether oxygens (including phenoxy) is 1. The van der Waals surface area contributed by atoms with Crippen LogP contribution in [0.25, 0.3) is 0 Å². The number of halogens is 2. The minimum atomic E-state index is -1.11. The van der Waals surface area contributed by atoms with Gasteiger partial charge in [0, 0.05) is 78.1 Å². The van der Waals surface area contributed by atoms with E-state index in [4.69, 9.17) is 4.74 Å². The fraction of sp³-hybridized carbons (Fsp3) is 0.583. The molecule has 15 heteroatoms. The van der Waals surface area contributed by atoms with Crippen LogP contribution in [0.15, 0.2) is 45.3 Å². The summed E-state index contributed by atoms with van der Waals surface area (Å²) in [6, 6.07) is 11.2. The van der Waals surface area contributed by atoms with Crippen LogP contribution in [0.3, 0.4) is 0 Å². The van der Waals surface area contributed by atoms with Gasteiger partial charge in [0.2, 0.25) is 0 Å². The van der Waals surface area contributed by atoms with Crippen LogP contribution in [0.4, 0.5) is 15.3 Å². The summed E-state index contributed by atoms with van der Waals surface area (Å²) in [7, 11) is 3.66. The van der Waals surface area contributed by atoms with Crippen molar-refractivity contribution in [2.24, 2.45) is 11.8 Å². The molecule has 3 fully saturated rings. The Morgan fingerprint density at radius 3 is 2.16 bits per heavy atom. The van der Waals surface area contributed by atoms with E-state index in [1.165, 1.54) is 0 Å². The molecular weight excluding hydrogens is 804 g/mol. The fourth-order valence-corrected chi connectivity index (χ4v) is 10.2. The number of fused-ring (bicyclic) bond motifs is 1. The maximum Gasteiger partial charge on any atom is 0.410 e. The van der Waals surface area contributed by atoms with Crippen LogP contribution in [0, 0.1) is 11.8 Å². The number of aromatic hydroxyl groups is 1. The lowest BCUT2D eigenvalue weighted by molar-refractivity contribution is -0.142. The third-order valence-corrected chi connectivity index (χ3v) is 13.5. The maximum absolute atomic E-state index is 14.1. The van der Waals surface area contributed by atoms with Crippen molar-refractivity contribution in [3.05, 3.63) is 56.5 Å². The molecule has 4 aliphatic rings. The number of nitrogens with one attached hydrogen (secondary N) is 1. The number of rotatable bonds is 8. The van der Waals surface area contributed by atoms with Crippen molar-refractivity contribution < 1.29 is 28.8 Å². The average molecular weight is 853 g/mol. The highest BCUT2D eigenvalue weighted by molar-refractivity contribution is 9.11. The normalized spacial score (nSPS) is 21.2. The Morgan fingerprint density at radius 2 is 1.53 bits per heavy atom. The molecule has 12 nitrogen and oxygen atoms in total. The molecule has 1 unspecified atom stereocenters. The number of carbonyl (C=O) groups is 3. The average Bonchev–Trinajstić information content (AvgIpc) is 3.31. The van der Waals surface area contributed by atoms with Crippen molar-refractivity contribution in [1.82, 2.24) is 23.3 Å². The SMILES string of the molecule is CN(C)[S+]([O-])N1CCC(C2CCN(C(=O)[C@@H](Cc3cc(Br)c(O)c(Br)c3)OC(=O)N3CCC(N4CCc5ccccc5NC4=O)CC3)CC2)CC1. The van der Waals surface area contributed by atoms with Gasteiger partial charge in [-0.15, -0.1) is 8.61 Å². The lowest BCUT2D eigenvalue weighted by Gasteiger charge is -2.41. The van der Waals surface area contributed by atoms with Gasteiger partial charge >= 0.3 is 12.1 Å². The monoisotopic (exact) mass is 850 g/mol. The summed E-state index contributed by atoms with van der Waals surface area (Å²) in [6.07, 6.45) is 4.35. The lowest BCUT2D eigenvalue weighted by Crippen LogP contribution is -2.52. The van der Waals surface area contributed by atoms with Gasteiger partial charge in [0.15, 0.2) is 6.10 Å². The fourth-order valence-electron chi connectivity index (χ4n) is 7.95. The number of amides is 4. The largest absolute Gasteiger partial charge is 0.578 e. The lowest BCUT2D eigenvalue weighted by atomic mass is 9.79. The van der Waals surface area contributed by atoms with Crippen molar-refractivity contribution in [3.63, 3.8) is 0 Å². The summed E-state index contributed by atoms with van der Waals surface area (Å²) in [5, 5.41) is 13.3. The summed E-state index contributed by atoms with van der Waals surface area (Å²) in [5.41, 5.74) is 2.70. The van der Waals surface area contributed by atoms with E-state index in [2.05, 4.69) is 37.2 Å². The van der Waals surface area contributed by atoms with Gasteiger partial charge in [-0.25, -0.2) is 9.59 Å². The molecule has 0 saturated carbocycles. The number of hydrogen-bond acceptors (Lipinski definition) is 8. The van der Waals surface area contributed by atoms with Gasteiger partial charge in [0.1, 0.15) is 17.3 Å². The number of hydrogen-bond donors (Lipinski definition) is 2. The summed E-state index contributed by atoms with van der Waals surface area (Å²) >= 11 is 5.67. The first-order valence-corrected chi connectivity index (χ1v) is 20.5. The van der Waals surface area contributed by atoms with Gasteiger partial charge in [0.05, 0.1) is 8.95 Å². The molecule has 0 spiro atoms. The summed E-state index contributed by atoms with van der Waals surface area (Å²) < 4.78 is 23.3. The Hall–Kier alpha value is -2.56. The van der Waals surface area contributed by atoms with E-state index in [1.54, 1.807) is 21.3 Å². The molecule has 2 N–H and O–H groups in total. The molecule has 2 aromatic carbocycles. The quantitative estimate of drug-likeness (QED) is 0.328. The molecule has 0 radical (unpaired) electrons. The molecule has 0 bridgehead atoms. The molecule has 4 amide bonds. The van der Waals surface area contributed by atoms with Crippen molar-refractivity contribution in [1.29, 1.82) is 0 Å². The molecule has 4 aliphatic heterocycles. The van der Waals surface area contributed by atoms with E-state index >= 15 is 0 Å². The number of benzene rings is 2. The zero-order chi connectivity index (χ0) is 36.2. The van der Waals surface area contributed by atoms with Gasteiger partial charge in [-0.1, -0.05) is 18.2 Å². The van der Waals surface area contributed by atoms with Crippen molar-refractivity contribution in [2.45, 2.75) is 63.5 Å². The highest BCUT2D eigenvalue weighted by atomic mass is 79.9. The Balaban J connectivity index is 1.06. The first kappa shape index (κ1) is 38.2. The number of urea groups is 1. The zero-order valence-electron chi connectivity index (χ0n) is 29.3. The van der Waals surface area contributed by atoms with Crippen molar-refractivity contribution >= 4 is 67.1 Å². The Kier molecular flexibility index (Phi) is 12.8. The van der Waals surface area contributed by atoms with Crippen molar-refractivity contribution in [3.8, 4) is 5.75 Å². The van der Waals surface area contributed by atoms with Gasteiger partial charge < -0.3 is 34.4 Å². The number of carbonyl (C=O) groups excluding carboxylic acids is 3. The molecule has 6 rings (SSSR count). The molecule has 0 aromatic heterocycles. The molecule has 4 heterocycles. The van der Waals surface area contributed by atoms with E-state index in [0.29, 0.717) is 66.3 Å². The van der Waals surface area contributed by atoms with E-state index in [9.17, 15) is 24.0 Å². The minimum absolute atomic E-state index is 0.00356. The number of likely N-dealkylation sites (tertiary alicyclic amines) is 2. The standard InChI is InChI=1S/C36H48Br2N6O6S/c1-40(2)51(49)43-18-9-26(10-19-43)25-7-14-41(15-8-25)34(46)32(23-24-21-29(37)33(45)30(38)22-24)50-36(48)42-16-12-28(13-17-42)44-20-11-27-5-3-4-6-31(27)39-35(44)47/h3-6,21-22,25-26,28,32,45H,7-20,23H2,1-2H3,(H,39,47)/t32-,51?/m1/s1. The second kappa shape index (κ2) is 17.1. The second-order valence-corrected chi connectivity index (χ2v) is 17.6. The first-order chi connectivity index (χ1) is 24.5. The zero-order valence-corrected chi connectivity index (χ0v) is 33.3. The Bertz CT molecular complexity index is 1540. The topological polar surface area (TPSA) is 132 Å². The Morgan fingerprint density at radius 1 is 0.941 bits per heavy atom. The van der Waals surface area contributed by atoms with Crippen LogP contribution in [0.2, 0.25) is 0 Å². The summed E-state index contributed by atoms with van der Waals surface area (Å²) in [5.74, 6) is 0.880. The number of phenols is 1. The van der Waals surface area contributed by atoms with E-state index in [1.807, 2.05) is 52.5 Å². The number of nitrogens with zero attached hydrogens (tertiary/aromatic N) is 5. The van der Waals surface area contributed by atoms with Crippen LogP contribution < -0.4 is 5.32 Å². The number of para-hydroxylation sites is 1. The first-order valence-electron chi connectivity index (χ1n) is 17.9. The third kappa shape index (κ3) is 9.15. The van der Waals surface area contributed by atoms with E-state index < -0.39 is 23.7 Å². The van der Waals surface area contributed by atoms with Crippen molar-refractivity contribution in [2.75, 3.05) is 65.2 Å². The summed E-state index contributed by atoms with van der Waals surface area (Å²) in [4.78, 5) is 46.2. The number of phenolic OH excluding ortho intramolecular Hbond substituents is 1. The predicted molar refractivity (Wildman–Crippen MR) is 203 cm³/mol. The van der Waals surface area contributed by atoms with Gasteiger partial charge in [0.25, 0.3) is 5.91 Å². The van der Waals surface area contributed by atoms with Crippen LogP contribution >= 0.6 is 31.9 Å². The summed E-state index contributed by atoms with van der Waals surface area (Å²) in [6.45, 7) is 4.25. The van der Waals surface area contributed by atoms with Crippen LogP contribution in [-0.2, 0) is 33.9 Å². The highest BCUT2D eigenvalue weighted by Gasteiger charge is 2.38. The Labute approximate surface area is 320 Å². The molecule has 278 valence electrons. The van der Waals surface area contributed by atoms with Crippen LogP contribution in [0.1, 0.15) is 49.7 Å². The molecule has 0 aliphatic carbocycles. The number of piperidine rings is 3. The van der Waals surface area contributed by atoms with Crippen LogP contribution in [-0.4, -0.2) is 123 Å². The second-order valence-electron chi connectivity index (χ2n) is 14.2. The van der Waals surface area contributed by atoms with Gasteiger partial charge in [-0.2, -0.15) is 0 Å². The maximum atomic E-state index is 14.1. The third-order valence-electron chi connectivity index (χ3n) is 10.9. The molecule has 3 saturated heterocycles. The molecule has 2 atom stereocenters. The van der Waals surface area contributed by atoms with Gasteiger partial charge in [-0.05, 0) is 118 Å². The van der Waals surface area contributed by atoms with Gasteiger partial charge in [-0.3, -0.25) is 4.79 Å². The highest BCUT2D eigenvalue weighted by Crippen LogP contribution is 2.36. The van der Waals surface area contributed by atoms with E-state index in [0.717, 1.165) is 62.0 Å². The molecule has 51 heavy (non-hydrogen) atoms. The number of anilines is 1. The molecule has 2 aromatic rings. The van der Waals surface area contributed by atoms with E-state index in [-0.39, 0.29) is 30.2 Å². The predicted octanol–water partition coefficient (Wildman–Crippen LogP) is 5.61. The molecular formula is C36H48Br2N6O6S. The van der Waals surface area contributed by atoms with Crippen LogP contribution in [0.5, 0.6) is 5.75 Å².